The summed E-state index contributed by atoms with van der Waals surface area (Å²) in [6, 6.07) is 23.8. The number of Topliss-reactive ketones (excluding diaryl/α,β-unsaturated/α-hetero) is 1. The lowest BCUT2D eigenvalue weighted by atomic mass is 9.73. The van der Waals surface area contributed by atoms with Gasteiger partial charge in [-0.25, -0.2) is 0 Å². The molecule has 1 heterocycles. The summed E-state index contributed by atoms with van der Waals surface area (Å²) in [5.41, 5.74) is 5.71. The van der Waals surface area contributed by atoms with Gasteiger partial charge >= 0.3 is 0 Å². The molecule has 3 aromatic carbocycles. The van der Waals surface area contributed by atoms with Crippen molar-refractivity contribution in [2.24, 2.45) is 5.41 Å². The van der Waals surface area contributed by atoms with Crippen molar-refractivity contribution in [3.05, 3.63) is 95.2 Å². The molecule has 0 fully saturated rings. The molecule has 0 unspecified atom stereocenters. The number of anilines is 2. The zero-order valence-corrected chi connectivity index (χ0v) is 19.9. The van der Waals surface area contributed by atoms with Crippen LogP contribution >= 0.6 is 0 Å². The number of carbonyl (C=O) groups is 1. The van der Waals surface area contributed by atoms with Gasteiger partial charge in [-0.3, -0.25) is 4.79 Å². The number of methoxy groups -OCH3 is 1. The molecule has 0 radical (unpaired) electrons. The van der Waals surface area contributed by atoms with E-state index in [1.165, 1.54) is 0 Å². The lowest BCUT2D eigenvalue weighted by Crippen LogP contribution is -2.31. The SMILES string of the molecule is COc1cc([C@H]2Nc3ccccc3NC3=C2C(=O)CC(C)(C)C3)ccc1OCc1ccccc1. The molecule has 5 rings (SSSR count). The molecule has 174 valence electrons. The van der Waals surface area contributed by atoms with Crippen LogP contribution in [0.4, 0.5) is 11.4 Å². The minimum Gasteiger partial charge on any atom is -0.493 e. The molecule has 1 atom stereocenters. The quantitative estimate of drug-likeness (QED) is 0.461. The summed E-state index contributed by atoms with van der Waals surface area (Å²) in [5.74, 6) is 1.49. The Bertz CT molecular complexity index is 1250. The minimum atomic E-state index is -0.285. The number of fused-ring (bicyclic) bond motifs is 1. The van der Waals surface area contributed by atoms with Crippen LogP contribution in [0, 0.1) is 5.41 Å². The normalized spacial score (nSPS) is 18.7. The first-order chi connectivity index (χ1) is 16.4. The summed E-state index contributed by atoms with van der Waals surface area (Å²) in [6.07, 6.45) is 1.34. The highest BCUT2D eigenvalue weighted by Crippen LogP contribution is 2.46. The number of allylic oxidation sites excluding steroid dienone is 1. The lowest BCUT2D eigenvalue weighted by molar-refractivity contribution is -0.118. The molecule has 5 heteroatoms. The van der Waals surface area contributed by atoms with Crippen LogP contribution in [-0.4, -0.2) is 12.9 Å². The van der Waals surface area contributed by atoms with Gasteiger partial charge in [0.25, 0.3) is 0 Å². The number of ether oxygens (including phenoxy) is 2. The molecule has 0 spiro atoms. The highest BCUT2D eigenvalue weighted by Gasteiger charge is 2.38. The van der Waals surface area contributed by atoms with E-state index in [1.807, 2.05) is 72.8 Å². The number of nitrogens with one attached hydrogen (secondary N) is 2. The molecule has 1 aliphatic heterocycles. The van der Waals surface area contributed by atoms with Crippen molar-refractivity contribution in [3.8, 4) is 11.5 Å². The monoisotopic (exact) mass is 454 g/mol. The van der Waals surface area contributed by atoms with Crippen molar-refractivity contribution in [2.75, 3.05) is 17.7 Å². The topological polar surface area (TPSA) is 59.6 Å². The first kappa shape index (κ1) is 22.1. The Balaban J connectivity index is 1.52. The second kappa shape index (κ2) is 8.90. The Morgan fingerprint density at radius 2 is 1.65 bits per heavy atom. The van der Waals surface area contributed by atoms with Crippen molar-refractivity contribution in [2.45, 2.75) is 39.3 Å². The minimum absolute atomic E-state index is 0.0838. The van der Waals surface area contributed by atoms with Gasteiger partial charge in [0, 0.05) is 17.7 Å². The summed E-state index contributed by atoms with van der Waals surface area (Å²) in [6.45, 7) is 4.76. The van der Waals surface area contributed by atoms with Crippen molar-refractivity contribution in [1.82, 2.24) is 0 Å². The Hall–Kier alpha value is -3.73. The third-order valence-electron chi connectivity index (χ3n) is 6.48. The number of rotatable bonds is 5. The van der Waals surface area contributed by atoms with Crippen molar-refractivity contribution < 1.29 is 14.3 Å². The maximum Gasteiger partial charge on any atom is 0.163 e. The fourth-order valence-corrected chi connectivity index (χ4v) is 4.86. The Labute approximate surface area is 200 Å². The fourth-order valence-electron chi connectivity index (χ4n) is 4.86. The van der Waals surface area contributed by atoms with Gasteiger partial charge in [-0.05, 0) is 47.2 Å². The molecule has 0 aromatic heterocycles. The van der Waals surface area contributed by atoms with Crippen LogP contribution in [0.2, 0.25) is 0 Å². The molecule has 5 nitrogen and oxygen atoms in total. The number of ketones is 1. The van der Waals surface area contributed by atoms with Gasteiger partial charge in [0.1, 0.15) is 6.61 Å². The maximum atomic E-state index is 13.4. The van der Waals surface area contributed by atoms with Crippen LogP contribution in [0.3, 0.4) is 0 Å². The van der Waals surface area contributed by atoms with Gasteiger partial charge in [-0.2, -0.15) is 0 Å². The molecule has 2 N–H and O–H groups in total. The second-order valence-electron chi connectivity index (χ2n) is 9.77. The van der Waals surface area contributed by atoms with Gasteiger partial charge in [-0.15, -0.1) is 0 Å². The second-order valence-corrected chi connectivity index (χ2v) is 9.77. The zero-order chi connectivity index (χ0) is 23.7. The van der Waals surface area contributed by atoms with E-state index >= 15 is 0 Å². The molecule has 34 heavy (non-hydrogen) atoms. The van der Waals surface area contributed by atoms with E-state index in [2.05, 4.69) is 24.5 Å². The summed E-state index contributed by atoms with van der Waals surface area (Å²) in [7, 11) is 1.64. The predicted octanol–water partition coefficient (Wildman–Crippen LogP) is 6.50. The molecule has 2 aliphatic rings. The van der Waals surface area contributed by atoms with Crippen molar-refractivity contribution >= 4 is 17.2 Å². The van der Waals surface area contributed by atoms with Gasteiger partial charge in [0.2, 0.25) is 0 Å². The van der Waals surface area contributed by atoms with Gasteiger partial charge in [0.15, 0.2) is 17.3 Å². The van der Waals surface area contributed by atoms with Crippen LogP contribution in [0.5, 0.6) is 11.5 Å². The first-order valence-electron chi connectivity index (χ1n) is 11.7. The number of benzene rings is 3. The summed E-state index contributed by atoms with van der Waals surface area (Å²) < 4.78 is 11.7. The Morgan fingerprint density at radius 1 is 0.912 bits per heavy atom. The van der Waals surface area contributed by atoms with Crippen molar-refractivity contribution in [1.29, 1.82) is 0 Å². The third kappa shape index (κ3) is 4.38. The Kier molecular flexibility index (Phi) is 5.78. The van der Waals surface area contributed by atoms with Crippen molar-refractivity contribution in [3.63, 3.8) is 0 Å². The molecular weight excluding hydrogens is 424 g/mol. The number of hydrogen-bond donors (Lipinski definition) is 2. The molecule has 0 saturated heterocycles. The number of carbonyl (C=O) groups excluding carboxylic acids is 1. The lowest BCUT2D eigenvalue weighted by Gasteiger charge is -2.34. The summed E-state index contributed by atoms with van der Waals surface area (Å²) in [5, 5.41) is 7.19. The van der Waals surface area contributed by atoms with Gasteiger partial charge < -0.3 is 20.1 Å². The van der Waals surface area contributed by atoms with Crippen LogP contribution in [0.1, 0.15) is 43.9 Å². The largest absolute Gasteiger partial charge is 0.493 e. The van der Waals surface area contributed by atoms with E-state index in [0.29, 0.717) is 24.5 Å². The van der Waals surface area contributed by atoms with E-state index in [1.54, 1.807) is 7.11 Å². The highest BCUT2D eigenvalue weighted by atomic mass is 16.5. The summed E-state index contributed by atoms with van der Waals surface area (Å²) in [4.78, 5) is 13.4. The van der Waals surface area contributed by atoms with E-state index in [-0.39, 0.29) is 17.2 Å². The molecule has 0 amide bonds. The van der Waals surface area contributed by atoms with E-state index in [4.69, 9.17) is 9.47 Å². The van der Waals surface area contributed by atoms with E-state index in [9.17, 15) is 4.79 Å². The molecule has 3 aromatic rings. The molecular formula is C29H30N2O3. The van der Waals surface area contributed by atoms with E-state index in [0.717, 1.165) is 40.2 Å². The molecule has 0 saturated carbocycles. The van der Waals surface area contributed by atoms with Crippen LogP contribution < -0.4 is 20.1 Å². The number of para-hydroxylation sites is 2. The molecule has 0 bridgehead atoms. The average Bonchev–Trinajstić information content (AvgIpc) is 2.99. The predicted molar refractivity (Wildman–Crippen MR) is 135 cm³/mol. The molecule has 1 aliphatic carbocycles. The smallest absolute Gasteiger partial charge is 0.163 e. The third-order valence-corrected chi connectivity index (χ3v) is 6.48. The average molecular weight is 455 g/mol. The first-order valence-corrected chi connectivity index (χ1v) is 11.7. The highest BCUT2D eigenvalue weighted by molar-refractivity contribution is 6.01. The summed E-state index contributed by atoms with van der Waals surface area (Å²) >= 11 is 0. The zero-order valence-electron chi connectivity index (χ0n) is 19.9. The fraction of sp³-hybridized carbons (Fsp3) is 0.276. The van der Waals surface area contributed by atoms with E-state index < -0.39 is 0 Å². The van der Waals surface area contributed by atoms with Gasteiger partial charge in [-0.1, -0.05) is 62.4 Å². The van der Waals surface area contributed by atoms with Crippen LogP contribution in [-0.2, 0) is 11.4 Å². The van der Waals surface area contributed by atoms with Gasteiger partial charge in [0.05, 0.1) is 24.5 Å². The number of hydrogen-bond acceptors (Lipinski definition) is 5. The standard InChI is InChI=1S/C29H30N2O3/c1-29(2)16-23-27(24(32)17-29)28(31-22-12-8-7-11-21(22)30-23)20-13-14-25(26(15-20)33-3)34-18-19-9-5-4-6-10-19/h4-15,28,30-31H,16-18H2,1-3H3/t28-/m1/s1. The maximum absolute atomic E-state index is 13.4. The Morgan fingerprint density at radius 3 is 2.41 bits per heavy atom. The van der Waals surface area contributed by atoms with Crippen LogP contribution in [0.25, 0.3) is 0 Å². The van der Waals surface area contributed by atoms with Crippen LogP contribution in [0.15, 0.2) is 84.1 Å².